The number of H-pyrrole nitrogens is 1. The van der Waals surface area contributed by atoms with Crippen LogP contribution in [-0.4, -0.2) is 34.9 Å². The molecule has 0 spiro atoms. The van der Waals surface area contributed by atoms with E-state index in [2.05, 4.69) is 25.9 Å². The minimum atomic E-state index is -3.76. The molecule has 1 aliphatic heterocycles. The molecule has 0 saturated heterocycles. The average Bonchev–Trinajstić information content (AvgIpc) is 3.37. The Labute approximate surface area is 214 Å². The number of hydrogen-bond donors (Lipinski definition) is 2. The first-order valence-corrected chi connectivity index (χ1v) is 13.4. The van der Waals surface area contributed by atoms with Gasteiger partial charge in [-0.25, -0.2) is 8.42 Å². The van der Waals surface area contributed by atoms with E-state index in [1.54, 1.807) is 30.3 Å². The number of aromatic amines is 1. The zero-order valence-electron chi connectivity index (χ0n) is 17.7. The molecule has 3 aromatic carbocycles. The molecule has 0 fully saturated rings. The number of halogens is 2. The summed E-state index contributed by atoms with van der Waals surface area (Å²) in [6.45, 7) is 0. The van der Waals surface area contributed by atoms with Crippen LogP contribution in [0.5, 0.6) is 0 Å². The number of carbonyl (C=O) groups is 1. The third kappa shape index (κ3) is 4.96. The van der Waals surface area contributed by atoms with Gasteiger partial charge in [-0.2, -0.15) is 5.21 Å². The minimum Gasteiger partial charge on any atom is -0.320 e. The van der Waals surface area contributed by atoms with Gasteiger partial charge in [0, 0.05) is 26.1 Å². The second-order valence-electron chi connectivity index (χ2n) is 7.54. The van der Waals surface area contributed by atoms with Gasteiger partial charge in [-0.05, 0) is 47.2 Å². The summed E-state index contributed by atoms with van der Waals surface area (Å²) in [6, 6.07) is 16.8. The lowest BCUT2D eigenvalue weighted by Gasteiger charge is -2.19. The highest BCUT2D eigenvalue weighted by molar-refractivity contribution is 8.04. The first-order chi connectivity index (χ1) is 16.8. The van der Waals surface area contributed by atoms with Gasteiger partial charge in [-0.3, -0.25) is 4.79 Å². The summed E-state index contributed by atoms with van der Waals surface area (Å²) in [6.07, 6.45) is 1.76. The Bertz CT molecular complexity index is 1550. The van der Waals surface area contributed by atoms with Crippen molar-refractivity contribution in [3.8, 4) is 11.4 Å². The Morgan fingerprint density at radius 2 is 1.74 bits per heavy atom. The molecule has 2 N–H and O–H groups in total. The van der Waals surface area contributed by atoms with Gasteiger partial charge in [-0.1, -0.05) is 65.3 Å². The number of fused-ring (bicyclic) bond motifs is 1. The lowest BCUT2D eigenvalue weighted by molar-refractivity contribution is -0.112. The van der Waals surface area contributed by atoms with Crippen LogP contribution in [0.1, 0.15) is 11.1 Å². The lowest BCUT2D eigenvalue weighted by Crippen LogP contribution is -2.18. The monoisotopic (exact) mass is 543 g/mol. The van der Waals surface area contributed by atoms with Crippen LogP contribution in [0, 0.1) is 0 Å². The molecule has 1 aliphatic rings. The average molecular weight is 544 g/mol. The molecule has 0 saturated carbocycles. The fraction of sp³-hybridized carbons (Fsp3) is 0.0435. The molecule has 12 heteroatoms. The van der Waals surface area contributed by atoms with Crippen molar-refractivity contribution in [3.63, 3.8) is 0 Å². The SMILES string of the molecule is O=C1Nc2cc(S(=O)(=O)Cc3c(Cl)cccc3Cl)ccc2SC1=Cc1ccc(-c2nn[nH]n2)cc1. The quantitative estimate of drug-likeness (QED) is 0.330. The smallest absolute Gasteiger partial charge is 0.262 e. The number of rotatable bonds is 5. The number of tetrazole rings is 1. The second-order valence-corrected chi connectivity index (χ2v) is 11.4. The summed E-state index contributed by atoms with van der Waals surface area (Å²) in [5.74, 6) is -0.199. The van der Waals surface area contributed by atoms with Crippen LogP contribution in [0.4, 0.5) is 5.69 Å². The Kier molecular flexibility index (Phi) is 6.37. The van der Waals surface area contributed by atoms with E-state index in [0.29, 0.717) is 22.0 Å². The molecule has 176 valence electrons. The van der Waals surface area contributed by atoms with Gasteiger partial charge in [0.1, 0.15) is 0 Å². The van der Waals surface area contributed by atoms with Crippen LogP contribution in [0.2, 0.25) is 10.0 Å². The Balaban J connectivity index is 1.38. The van der Waals surface area contributed by atoms with Crippen molar-refractivity contribution in [1.82, 2.24) is 20.6 Å². The Hall–Kier alpha value is -3.18. The van der Waals surface area contributed by atoms with Crippen molar-refractivity contribution in [3.05, 3.63) is 86.7 Å². The maximum Gasteiger partial charge on any atom is 0.262 e. The molecule has 1 amide bonds. The first-order valence-electron chi connectivity index (χ1n) is 10.1. The maximum absolute atomic E-state index is 13.0. The number of hydrogen-bond acceptors (Lipinski definition) is 7. The van der Waals surface area contributed by atoms with E-state index in [9.17, 15) is 13.2 Å². The summed E-state index contributed by atoms with van der Waals surface area (Å²) >= 11 is 13.6. The molecule has 5 rings (SSSR count). The normalized spacial score (nSPS) is 14.6. The number of thioether (sulfide) groups is 1. The standard InChI is InChI=1S/C23H15Cl2N5O3S2/c24-17-2-1-3-18(25)16(17)12-35(32,33)15-8-9-20-19(11-15)26-23(31)21(34-20)10-13-4-6-14(7-5-13)22-27-29-30-28-22/h1-11H,12H2,(H,26,31)(H,27,28,29,30). The largest absolute Gasteiger partial charge is 0.320 e. The molecule has 0 radical (unpaired) electrons. The van der Waals surface area contributed by atoms with E-state index in [1.165, 1.54) is 23.9 Å². The summed E-state index contributed by atoms with van der Waals surface area (Å²) in [5.41, 5.74) is 2.37. The number of anilines is 1. The number of amides is 1. The van der Waals surface area contributed by atoms with E-state index < -0.39 is 9.84 Å². The number of aromatic nitrogens is 4. The summed E-state index contributed by atoms with van der Waals surface area (Å²) in [5, 5.41) is 17.2. The van der Waals surface area contributed by atoms with Crippen molar-refractivity contribution in [2.45, 2.75) is 15.5 Å². The van der Waals surface area contributed by atoms with Crippen molar-refractivity contribution in [2.24, 2.45) is 0 Å². The molecular weight excluding hydrogens is 529 g/mol. The third-order valence-corrected chi connectivity index (χ3v) is 8.66. The second kappa shape index (κ2) is 9.46. The van der Waals surface area contributed by atoms with E-state index in [4.69, 9.17) is 23.2 Å². The molecule has 4 aromatic rings. The molecule has 35 heavy (non-hydrogen) atoms. The minimum absolute atomic E-state index is 0.0672. The van der Waals surface area contributed by atoms with Gasteiger partial charge in [0.25, 0.3) is 5.91 Å². The number of benzene rings is 3. The molecular formula is C23H15Cl2N5O3S2. The lowest BCUT2D eigenvalue weighted by atomic mass is 10.1. The van der Waals surface area contributed by atoms with Gasteiger partial charge in [0.2, 0.25) is 5.82 Å². The predicted octanol–water partition coefficient (Wildman–Crippen LogP) is 5.23. The maximum atomic E-state index is 13.0. The van der Waals surface area contributed by atoms with Crippen LogP contribution in [0.15, 0.2) is 75.4 Å². The Morgan fingerprint density at radius 1 is 1.00 bits per heavy atom. The van der Waals surface area contributed by atoms with Gasteiger partial charge in [0.05, 0.1) is 21.2 Å². The number of nitrogens with zero attached hydrogens (tertiary/aromatic N) is 3. The highest BCUT2D eigenvalue weighted by atomic mass is 35.5. The number of carbonyl (C=O) groups excluding carboxylic acids is 1. The highest BCUT2D eigenvalue weighted by Crippen LogP contribution is 2.40. The van der Waals surface area contributed by atoms with Crippen LogP contribution >= 0.6 is 35.0 Å². The van der Waals surface area contributed by atoms with Gasteiger partial charge >= 0.3 is 0 Å². The molecule has 8 nitrogen and oxygen atoms in total. The summed E-state index contributed by atoms with van der Waals surface area (Å²) in [4.78, 5) is 14.0. The molecule has 2 heterocycles. The van der Waals surface area contributed by atoms with Crippen molar-refractivity contribution in [1.29, 1.82) is 0 Å². The zero-order valence-corrected chi connectivity index (χ0v) is 20.8. The zero-order chi connectivity index (χ0) is 24.6. The predicted molar refractivity (Wildman–Crippen MR) is 136 cm³/mol. The van der Waals surface area contributed by atoms with E-state index in [1.807, 2.05) is 24.3 Å². The van der Waals surface area contributed by atoms with Crippen molar-refractivity contribution in [2.75, 3.05) is 5.32 Å². The van der Waals surface area contributed by atoms with Crippen LogP contribution < -0.4 is 5.32 Å². The van der Waals surface area contributed by atoms with Crippen molar-refractivity contribution >= 4 is 62.5 Å². The number of nitrogens with one attached hydrogen (secondary N) is 2. The fourth-order valence-corrected chi connectivity index (χ4v) is 6.49. The van der Waals surface area contributed by atoms with Gasteiger partial charge < -0.3 is 5.32 Å². The molecule has 0 unspecified atom stereocenters. The number of sulfone groups is 1. The third-order valence-electron chi connectivity index (χ3n) is 5.21. The topological polar surface area (TPSA) is 118 Å². The van der Waals surface area contributed by atoms with Gasteiger partial charge in [-0.15, -0.1) is 10.2 Å². The van der Waals surface area contributed by atoms with E-state index in [-0.39, 0.29) is 26.6 Å². The van der Waals surface area contributed by atoms with E-state index >= 15 is 0 Å². The van der Waals surface area contributed by atoms with Crippen LogP contribution in [0.3, 0.4) is 0 Å². The molecule has 0 aliphatic carbocycles. The van der Waals surface area contributed by atoms with Crippen LogP contribution in [-0.2, 0) is 20.4 Å². The van der Waals surface area contributed by atoms with Crippen LogP contribution in [0.25, 0.3) is 17.5 Å². The van der Waals surface area contributed by atoms with E-state index in [0.717, 1.165) is 16.0 Å². The fourth-order valence-electron chi connectivity index (χ4n) is 3.44. The summed E-state index contributed by atoms with van der Waals surface area (Å²) in [7, 11) is -3.76. The molecule has 0 bridgehead atoms. The van der Waals surface area contributed by atoms with Crippen molar-refractivity contribution < 1.29 is 13.2 Å². The summed E-state index contributed by atoms with van der Waals surface area (Å²) < 4.78 is 26.1. The Morgan fingerprint density at radius 3 is 2.43 bits per heavy atom. The van der Waals surface area contributed by atoms with Gasteiger partial charge in [0.15, 0.2) is 9.84 Å². The molecule has 0 atom stereocenters. The first kappa shape index (κ1) is 23.6. The highest BCUT2D eigenvalue weighted by Gasteiger charge is 2.25. The molecule has 1 aromatic heterocycles.